The highest BCUT2D eigenvalue weighted by Gasteiger charge is 2.19. The van der Waals surface area contributed by atoms with Crippen LogP contribution in [-0.4, -0.2) is 6.29 Å². The van der Waals surface area contributed by atoms with Gasteiger partial charge in [-0.15, -0.1) is 0 Å². The average molecular weight is 153 g/mol. The van der Waals surface area contributed by atoms with Crippen molar-refractivity contribution in [3.05, 3.63) is 0 Å². The molecule has 63 valence electrons. The van der Waals surface area contributed by atoms with E-state index in [1.54, 1.807) is 0 Å². The third kappa shape index (κ3) is 2.64. The van der Waals surface area contributed by atoms with Crippen LogP contribution < -0.4 is 0 Å². The van der Waals surface area contributed by atoms with Gasteiger partial charge in [0.2, 0.25) is 6.29 Å². The first-order chi connectivity index (χ1) is 5.36. The second-order valence-electron chi connectivity index (χ2n) is 3.62. The molecule has 1 aliphatic carbocycles. The highest BCUT2D eigenvalue weighted by molar-refractivity contribution is 5.54. The number of hydrogen-bond donors (Lipinski definition) is 0. The molecular weight excluding hydrogens is 136 g/mol. The molecule has 0 unspecified atom stereocenters. The van der Waals surface area contributed by atoms with Crippen LogP contribution in [-0.2, 0) is 4.79 Å². The largest absolute Gasteiger partial charge is 0.291 e. The Balaban J connectivity index is 2.18. The summed E-state index contributed by atoms with van der Waals surface area (Å²) in [4.78, 5) is 10.3. The van der Waals surface area contributed by atoms with Crippen LogP contribution in [0.5, 0.6) is 0 Å². The van der Waals surface area contributed by atoms with Crippen molar-refractivity contribution in [1.82, 2.24) is 0 Å². The van der Waals surface area contributed by atoms with E-state index in [0.29, 0.717) is 0 Å². The topological polar surface area (TPSA) is 17.1 Å². The Bertz CT molecular complexity index is 112. The fraction of sp³-hybridized carbons (Fsp3) is 0.900. The predicted octanol–water partition coefficient (Wildman–Crippen LogP) is 2.70. The van der Waals surface area contributed by atoms with E-state index in [1.807, 2.05) is 0 Å². The maximum absolute atomic E-state index is 10.3. The standard InChI is InChI=1S/C10H17O/c1-2-3-9-4-6-10(8-11)7-5-9/h9-10H,2-7H2,1H3/t9-,10-. The summed E-state index contributed by atoms with van der Waals surface area (Å²) >= 11 is 0. The van der Waals surface area contributed by atoms with Gasteiger partial charge >= 0.3 is 0 Å². The van der Waals surface area contributed by atoms with Gasteiger partial charge in [0.05, 0.1) is 0 Å². The SMILES string of the molecule is CCC[C@H]1CC[C@H]([C]=O)CC1. The maximum Gasteiger partial charge on any atom is 0.201 e. The molecule has 0 saturated heterocycles. The van der Waals surface area contributed by atoms with Crippen molar-refractivity contribution >= 4 is 6.29 Å². The van der Waals surface area contributed by atoms with Gasteiger partial charge in [-0.2, -0.15) is 0 Å². The van der Waals surface area contributed by atoms with Crippen LogP contribution in [0.15, 0.2) is 0 Å². The molecule has 0 bridgehead atoms. The van der Waals surface area contributed by atoms with Crippen LogP contribution >= 0.6 is 0 Å². The second-order valence-corrected chi connectivity index (χ2v) is 3.62. The predicted molar refractivity (Wildman–Crippen MR) is 46.0 cm³/mol. The lowest BCUT2D eigenvalue weighted by Crippen LogP contribution is -2.14. The third-order valence-corrected chi connectivity index (χ3v) is 2.71. The van der Waals surface area contributed by atoms with Gasteiger partial charge < -0.3 is 0 Å². The Morgan fingerprint density at radius 3 is 2.36 bits per heavy atom. The minimum Gasteiger partial charge on any atom is -0.291 e. The number of hydrogen-bond acceptors (Lipinski definition) is 1. The fourth-order valence-corrected chi connectivity index (χ4v) is 1.98. The monoisotopic (exact) mass is 153 g/mol. The van der Waals surface area contributed by atoms with Gasteiger partial charge in [-0.05, 0) is 31.6 Å². The summed E-state index contributed by atoms with van der Waals surface area (Å²) in [5, 5.41) is 0. The van der Waals surface area contributed by atoms with Crippen molar-refractivity contribution in [2.24, 2.45) is 11.8 Å². The Labute approximate surface area is 69.2 Å². The van der Waals surface area contributed by atoms with Gasteiger partial charge in [-0.1, -0.05) is 19.8 Å². The van der Waals surface area contributed by atoms with E-state index in [0.717, 1.165) is 18.8 Å². The zero-order valence-corrected chi connectivity index (χ0v) is 7.31. The summed E-state index contributed by atoms with van der Waals surface area (Å²) in [7, 11) is 0. The van der Waals surface area contributed by atoms with Gasteiger partial charge in [0.1, 0.15) is 0 Å². The van der Waals surface area contributed by atoms with Gasteiger partial charge in [0, 0.05) is 5.92 Å². The van der Waals surface area contributed by atoms with Crippen LogP contribution in [0.25, 0.3) is 0 Å². The summed E-state index contributed by atoms with van der Waals surface area (Å²) in [5.74, 6) is 1.17. The fourth-order valence-electron chi connectivity index (χ4n) is 1.98. The molecular formula is C10H17O. The van der Waals surface area contributed by atoms with Gasteiger partial charge in [0.15, 0.2) is 0 Å². The molecule has 11 heavy (non-hydrogen) atoms. The van der Waals surface area contributed by atoms with E-state index in [-0.39, 0.29) is 5.92 Å². The molecule has 1 rings (SSSR count). The van der Waals surface area contributed by atoms with Crippen molar-refractivity contribution in [3.8, 4) is 0 Å². The first kappa shape index (κ1) is 8.76. The normalized spacial score (nSPS) is 31.7. The van der Waals surface area contributed by atoms with Crippen LogP contribution in [0.1, 0.15) is 45.4 Å². The highest BCUT2D eigenvalue weighted by Crippen LogP contribution is 2.30. The molecule has 1 nitrogen and oxygen atoms in total. The lowest BCUT2D eigenvalue weighted by atomic mass is 9.81. The second kappa shape index (κ2) is 4.53. The minimum absolute atomic E-state index is 0.267. The van der Waals surface area contributed by atoms with Crippen LogP contribution in [0, 0.1) is 11.8 Å². The van der Waals surface area contributed by atoms with Gasteiger partial charge in [-0.25, -0.2) is 0 Å². The molecule has 0 aromatic carbocycles. The zero-order valence-electron chi connectivity index (χ0n) is 7.31. The lowest BCUT2D eigenvalue weighted by Gasteiger charge is -2.24. The van der Waals surface area contributed by atoms with Gasteiger partial charge in [-0.3, -0.25) is 4.79 Å². The van der Waals surface area contributed by atoms with Crippen molar-refractivity contribution in [2.45, 2.75) is 45.4 Å². The number of rotatable bonds is 3. The quantitative estimate of drug-likeness (QED) is 0.609. The first-order valence-electron chi connectivity index (χ1n) is 4.74. The molecule has 1 heteroatoms. The van der Waals surface area contributed by atoms with Crippen LogP contribution in [0.4, 0.5) is 0 Å². The molecule has 1 saturated carbocycles. The van der Waals surface area contributed by atoms with E-state index < -0.39 is 0 Å². The molecule has 1 aliphatic rings. The van der Waals surface area contributed by atoms with Crippen molar-refractivity contribution < 1.29 is 4.79 Å². The van der Waals surface area contributed by atoms with Crippen LogP contribution in [0.3, 0.4) is 0 Å². The highest BCUT2D eigenvalue weighted by atomic mass is 16.1. The van der Waals surface area contributed by atoms with E-state index in [2.05, 4.69) is 13.2 Å². The molecule has 0 spiro atoms. The average Bonchev–Trinajstić information content (AvgIpc) is 2.07. The summed E-state index contributed by atoms with van der Waals surface area (Å²) in [6.45, 7) is 2.23. The molecule has 1 radical (unpaired) electrons. The summed E-state index contributed by atoms with van der Waals surface area (Å²) in [6.07, 6.45) is 9.46. The zero-order chi connectivity index (χ0) is 8.10. The Kier molecular flexibility index (Phi) is 3.61. The molecule has 0 atom stereocenters. The minimum atomic E-state index is 0.267. The lowest BCUT2D eigenvalue weighted by molar-refractivity contribution is 0.299. The van der Waals surface area contributed by atoms with Crippen molar-refractivity contribution in [1.29, 1.82) is 0 Å². The Morgan fingerprint density at radius 1 is 1.27 bits per heavy atom. The smallest absolute Gasteiger partial charge is 0.201 e. The Hall–Kier alpha value is -0.330. The van der Waals surface area contributed by atoms with E-state index in [9.17, 15) is 4.79 Å². The Morgan fingerprint density at radius 2 is 1.91 bits per heavy atom. The van der Waals surface area contributed by atoms with Crippen molar-refractivity contribution in [2.75, 3.05) is 0 Å². The molecule has 0 amide bonds. The molecule has 1 fully saturated rings. The van der Waals surface area contributed by atoms with E-state index in [4.69, 9.17) is 0 Å². The van der Waals surface area contributed by atoms with Crippen LogP contribution in [0.2, 0.25) is 0 Å². The van der Waals surface area contributed by atoms with E-state index in [1.165, 1.54) is 25.7 Å². The van der Waals surface area contributed by atoms with Gasteiger partial charge in [0.25, 0.3) is 0 Å². The summed E-state index contributed by atoms with van der Waals surface area (Å²) in [6, 6.07) is 0. The molecule has 0 aliphatic heterocycles. The first-order valence-corrected chi connectivity index (χ1v) is 4.74. The third-order valence-electron chi connectivity index (χ3n) is 2.71. The molecule has 0 aromatic heterocycles. The molecule has 0 N–H and O–H groups in total. The molecule has 0 heterocycles. The number of carbonyl (C=O) groups excluding carboxylic acids is 1. The maximum atomic E-state index is 10.3. The van der Waals surface area contributed by atoms with E-state index >= 15 is 0 Å². The summed E-state index contributed by atoms with van der Waals surface area (Å²) < 4.78 is 0. The summed E-state index contributed by atoms with van der Waals surface area (Å²) in [5.41, 5.74) is 0. The van der Waals surface area contributed by atoms with Crippen molar-refractivity contribution in [3.63, 3.8) is 0 Å². The molecule has 0 aromatic rings.